The Bertz CT molecular complexity index is 410. The topological polar surface area (TPSA) is 21.7 Å². The van der Waals surface area contributed by atoms with Crippen molar-refractivity contribution in [3.63, 3.8) is 0 Å². The lowest BCUT2D eigenvalue weighted by molar-refractivity contribution is -0.280. The summed E-state index contributed by atoms with van der Waals surface area (Å²) in [4.78, 5) is 5.61. The fourth-order valence-electron chi connectivity index (χ4n) is 3.57. The van der Waals surface area contributed by atoms with Gasteiger partial charge in [-0.05, 0) is 46.1 Å². The summed E-state index contributed by atoms with van der Waals surface area (Å²) in [6.07, 6.45) is 2.24. The highest BCUT2D eigenvalue weighted by atomic mass is 16.7. The molecule has 0 amide bonds. The van der Waals surface area contributed by atoms with Gasteiger partial charge in [0.05, 0.1) is 19.8 Å². The van der Waals surface area contributed by atoms with Crippen LogP contribution in [0.4, 0.5) is 0 Å². The molecule has 112 valence electrons. The van der Waals surface area contributed by atoms with Crippen molar-refractivity contribution in [2.45, 2.75) is 64.3 Å². The van der Waals surface area contributed by atoms with Crippen LogP contribution in [0, 0.1) is 0 Å². The lowest BCUT2D eigenvalue weighted by atomic mass is 9.80. The van der Waals surface area contributed by atoms with E-state index in [0.29, 0.717) is 6.61 Å². The SMILES string of the molecule is CON1C(C)(C)CC(OCc2ccccc2)CC1(C)C. The summed E-state index contributed by atoms with van der Waals surface area (Å²) in [6, 6.07) is 10.4. The van der Waals surface area contributed by atoms with E-state index in [1.807, 2.05) is 6.07 Å². The Hall–Kier alpha value is -0.900. The summed E-state index contributed by atoms with van der Waals surface area (Å²) in [5, 5.41) is 2.11. The summed E-state index contributed by atoms with van der Waals surface area (Å²) in [5.74, 6) is 0. The third-order valence-corrected chi connectivity index (χ3v) is 4.07. The first-order valence-corrected chi connectivity index (χ1v) is 7.35. The molecule has 1 heterocycles. The summed E-state index contributed by atoms with van der Waals surface area (Å²) < 4.78 is 6.15. The number of rotatable bonds is 4. The van der Waals surface area contributed by atoms with Gasteiger partial charge in [0.2, 0.25) is 0 Å². The van der Waals surface area contributed by atoms with E-state index >= 15 is 0 Å². The van der Waals surface area contributed by atoms with Gasteiger partial charge in [-0.3, -0.25) is 0 Å². The van der Waals surface area contributed by atoms with E-state index < -0.39 is 0 Å². The van der Waals surface area contributed by atoms with Crippen LogP contribution in [0.1, 0.15) is 46.1 Å². The Morgan fingerprint density at radius 1 is 1.05 bits per heavy atom. The number of benzene rings is 1. The minimum absolute atomic E-state index is 0.0160. The zero-order chi connectivity index (χ0) is 14.8. The average molecular weight is 277 g/mol. The smallest absolute Gasteiger partial charge is 0.0720 e. The van der Waals surface area contributed by atoms with Crippen molar-refractivity contribution >= 4 is 0 Å². The van der Waals surface area contributed by atoms with Crippen LogP contribution in [0.2, 0.25) is 0 Å². The Labute approximate surface area is 122 Å². The minimum atomic E-state index is -0.0160. The maximum absolute atomic E-state index is 6.15. The van der Waals surface area contributed by atoms with E-state index in [2.05, 4.69) is 57.0 Å². The number of piperidine rings is 1. The second kappa shape index (κ2) is 5.84. The molecule has 0 aromatic heterocycles. The number of hydrogen-bond donors (Lipinski definition) is 0. The van der Waals surface area contributed by atoms with E-state index in [0.717, 1.165) is 12.8 Å². The molecule has 2 rings (SSSR count). The predicted octanol–water partition coefficient (Wildman–Crippen LogP) is 3.79. The van der Waals surface area contributed by atoms with Gasteiger partial charge in [0.15, 0.2) is 0 Å². The van der Waals surface area contributed by atoms with E-state index in [9.17, 15) is 0 Å². The maximum atomic E-state index is 6.15. The van der Waals surface area contributed by atoms with Crippen molar-refractivity contribution in [3.8, 4) is 0 Å². The zero-order valence-corrected chi connectivity index (χ0v) is 13.3. The van der Waals surface area contributed by atoms with Crippen LogP contribution < -0.4 is 0 Å². The van der Waals surface area contributed by atoms with Crippen molar-refractivity contribution in [2.24, 2.45) is 0 Å². The highest BCUT2D eigenvalue weighted by Gasteiger charge is 2.46. The first-order valence-electron chi connectivity index (χ1n) is 7.35. The molecule has 0 N–H and O–H groups in total. The summed E-state index contributed by atoms with van der Waals surface area (Å²) in [7, 11) is 1.76. The monoisotopic (exact) mass is 277 g/mol. The molecule has 0 unspecified atom stereocenters. The van der Waals surface area contributed by atoms with Gasteiger partial charge in [-0.25, -0.2) is 0 Å². The van der Waals surface area contributed by atoms with Gasteiger partial charge in [-0.15, -0.1) is 0 Å². The van der Waals surface area contributed by atoms with Crippen molar-refractivity contribution in [1.29, 1.82) is 0 Å². The van der Waals surface area contributed by atoms with Crippen molar-refractivity contribution in [3.05, 3.63) is 35.9 Å². The van der Waals surface area contributed by atoms with Crippen LogP contribution in [0.3, 0.4) is 0 Å². The zero-order valence-electron chi connectivity index (χ0n) is 13.3. The fraction of sp³-hybridized carbons (Fsp3) is 0.647. The molecule has 0 atom stereocenters. The third kappa shape index (κ3) is 3.40. The van der Waals surface area contributed by atoms with E-state index in [1.165, 1.54) is 5.56 Å². The van der Waals surface area contributed by atoms with Gasteiger partial charge < -0.3 is 9.57 Å². The van der Waals surface area contributed by atoms with E-state index in [-0.39, 0.29) is 17.2 Å². The summed E-state index contributed by atoms with van der Waals surface area (Å²) >= 11 is 0. The molecular formula is C17H27NO2. The van der Waals surface area contributed by atoms with Crippen LogP contribution in [0.5, 0.6) is 0 Å². The molecule has 1 aliphatic rings. The van der Waals surface area contributed by atoms with Gasteiger partial charge in [0, 0.05) is 11.1 Å². The normalized spacial score (nSPS) is 22.9. The van der Waals surface area contributed by atoms with Crippen LogP contribution in [0.25, 0.3) is 0 Å². The van der Waals surface area contributed by atoms with Crippen LogP contribution in [0.15, 0.2) is 30.3 Å². The lowest BCUT2D eigenvalue weighted by Crippen LogP contribution is -2.61. The Balaban J connectivity index is 2.01. The van der Waals surface area contributed by atoms with Gasteiger partial charge in [-0.2, -0.15) is 5.06 Å². The first kappa shape index (κ1) is 15.5. The maximum Gasteiger partial charge on any atom is 0.0720 e. The van der Waals surface area contributed by atoms with Crippen LogP contribution in [-0.2, 0) is 16.2 Å². The number of hydrogen-bond acceptors (Lipinski definition) is 3. The molecule has 1 aromatic carbocycles. The number of ether oxygens (including phenoxy) is 1. The lowest BCUT2D eigenvalue weighted by Gasteiger charge is -2.53. The molecule has 20 heavy (non-hydrogen) atoms. The van der Waals surface area contributed by atoms with Gasteiger partial charge >= 0.3 is 0 Å². The molecule has 0 aliphatic carbocycles. The second-order valence-electron chi connectivity index (χ2n) is 6.93. The standard InChI is InChI=1S/C17H27NO2/c1-16(2)11-15(12-17(3,4)18(16)19-5)20-13-14-9-7-6-8-10-14/h6-10,15H,11-13H2,1-5H3. The molecule has 0 spiro atoms. The fourth-order valence-corrected chi connectivity index (χ4v) is 3.57. The van der Waals surface area contributed by atoms with Crippen molar-refractivity contribution < 1.29 is 9.57 Å². The molecule has 0 saturated carbocycles. The quantitative estimate of drug-likeness (QED) is 0.836. The molecule has 1 aliphatic heterocycles. The van der Waals surface area contributed by atoms with E-state index in [4.69, 9.17) is 9.57 Å². The molecule has 1 aromatic rings. The van der Waals surface area contributed by atoms with E-state index in [1.54, 1.807) is 7.11 Å². The number of nitrogens with zero attached hydrogens (tertiary/aromatic N) is 1. The average Bonchev–Trinajstić information content (AvgIpc) is 2.35. The molecule has 0 bridgehead atoms. The van der Waals surface area contributed by atoms with Crippen LogP contribution >= 0.6 is 0 Å². The highest BCUT2D eigenvalue weighted by molar-refractivity contribution is 5.13. The van der Waals surface area contributed by atoms with Crippen LogP contribution in [-0.4, -0.2) is 29.4 Å². The molecule has 3 heteroatoms. The van der Waals surface area contributed by atoms with Gasteiger partial charge in [0.1, 0.15) is 0 Å². The summed E-state index contributed by atoms with van der Waals surface area (Å²) in [5.41, 5.74) is 1.20. The summed E-state index contributed by atoms with van der Waals surface area (Å²) in [6.45, 7) is 9.56. The van der Waals surface area contributed by atoms with Gasteiger partial charge in [-0.1, -0.05) is 30.3 Å². The molecular weight excluding hydrogens is 250 g/mol. The minimum Gasteiger partial charge on any atom is -0.373 e. The molecule has 1 saturated heterocycles. The molecule has 3 nitrogen and oxygen atoms in total. The van der Waals surface area contributed by atoms with Crippen molar-refractivity contribution in [2.75, 3.05) is 7.11 Å². The second-order valence-corrected chi connectivity index (χ2v) is 6.93. The third-order valence-electron chi connectivity index (χ3n) is 4.07. The Kier molecular flexibility index (Phi) is 4.52. The van der Waals surface area contributed by atoms with Gasteiger partial charge in [0.25, 0.3) is 0 Å². The van der Waals surface area contributed by atoms with Crippen molar-refractivity contribution in [1.82, 2.24) is 5.06 Å². The Morgan fingerprint density at radius 3 is 2.10 bits per heavy atom. The number of hydroxylamine groups is 2. The Morgan fingerprint density at radius 2 is 1.60 bits per heavy atom. The molecule has 0 radical (unpaired) electrons. The molecule has 1 fully saturated rings. The first-order chi connectivity index (χ1) is 9.35. The predicted molar refractivity (Wildman–Crippen MR) is 81.3 cm³/mol. The highest BCUT2D eigenvalue weighted by Crippen LogP contribution is 2.39. The largest absolute Gasteiger partial charge is 0.373 e.